The van der Waals surface area contributed by atoms with Crippen LogP contribution in [0.3, 0.4) is 0 Å². The van der Waals surface area contributed by atoms with Gasteiger partial charge in [-0.3, -0.25) is 9.59 Å². The van der Waals surface area contributed by atoms with Gasteiger partial charge in [0.2, 0.25) is 12.7 Å². The largest absolute Gasteiger partial charge is 0.497 e. The third kappa shape index (κ3) is 4.28. The van der Waals surface area contributed by atoms with Crippen LogP contribution in [0.15, 0.2) is 36.4 Å². The third-order valence-electron chi connectivity index (χ3n) is 4.36. The van der Waals surface area contributed by atoms with Gasteiger partial charge in [0.05, 0.1) is 20.8 Å². The van der Waals surface area contributed by atoms with Crippen LogP contribution >= 0.6 is 0 Å². The number of carbonyl (C=O) groups excluding carboxylic acids is 2. The van der Waals surface area contributed by atoms with Gasteiger partial charge in [-0.25, -0.2) is 0 Å². The fraction of sp³-hybridized carbons (Fsp3) is 0.300. The molecule has 1 heterocycles. The first-order valence-corrected chi connectivity index (χ1v) is 8.64. The second-order valence-electron chi connectivity index (χ2n) is 6.18. The van der Waals surface area contributed by atoms with Crippen LogP contribution in [0.25, 0.3) is 0 Å². The van der Waals surface area contributed by atoms with Gasteiger partial charge in [-0.2, -0.15) is 0 Å². The van der Waals surface area contributed by atoms with Crippen molar-refractivity contribution < 1.29 is 28.5 Å². The maximum atomic E-state index is 12.4. The predicted octanol–water partition coefficient (Wildman–Crippen LogP) is 1.82. The first-order chi connectivity index (χ1) is 13.5. The Morgan fingerprint density at radius 1 is 1.07 bits per heavy atom. The van der Waals surface area contributed by atoms with Crippen molar-refractivity contribution in [2.24, 2.45) is 0 Å². The highest BCUT2D eigenvalue weighted by molar-refractivity contribution is 5.97. The molecular formula is C20H22N2O6. The summed E-state index contributed by atoms with van der Waals surface area (Å²) < 4.78 is 21.0. The highest BCUT2D eigenvalue weighted by atomic mass is 16.7. The zero-order valence-corrected chi connectivity index (χ0v) is 16.0. The Kier molecular flexibility index (Phi) is 5.88. The van der Waals surface area contributed by atoms with E-state index < -0.39 is 0 Å². The monoisotopic (exact) mass is 386 g/mol. The number of rotatable bonds is 7. The lowest BCUT2D eigenvalue weighted by atomic mass is 10.1. The van der Waals surface area contributed by atoms with Crippen LogP contribution < -0.4 is 24.3 Å². The topological polar surface area (TPSA) is 86.3 Å². The smallest absolute Gasteiger partial charge is 0.251 e. The number of fused-ring (bicyclic) bond motifs is 1. The summed E-state index contributed by atoms with van der Waals surface area (Å²) in [5, 5.41) is 2.63. The Hall–Kier alpha value is -3.42. The molecule has 1 aliphatic heterocycles. The molecule has 0 saturated carbocycles. The Bertz CT molecular complexity index is 883. The summed E-state index contributed by atoms with van der Waals surface area (Å²) in [6.45, 7) is 0.354. The Morgan fingerprint density at radius 3 is 2.61 bits per heavy atom. The number of benzene rings is 2. The van der Waals surface area contributed by atoms with E-state index >= 15 is 0 Å². The highest BCUT2D eigenvalue weighted by Gasteiger charge is 2.18. The fourth-order valence-corrected chi connectivity index (χ4v) is 2.76. The van der Waals surface area contributed by atoms with Crippen molar-refractivity contribution in [3.8, 4) is 23.0 Å². The van der Waals surface area contributed by atoms with Gasteiger partial charge in [0.1, 0.15) is 11.5 Å². The molecule has 8 nitrogen and oxygen atoms in total. The number of carbonyl (C=O) groups is 2. The van der Waals surface area contributed by atoms with E-state index in [-0.39, 0.29) is 25.2 Å². The molecule has 0 aromatic heterocycles. The van der Waals surface area contributed by atoms with Gasteiger partial charge in [0, 0.05) is 30.8 Å². The van der Waals surface area contributed by atoms with Gasteiger partial charge in [-0.05, 0) is 30.3 Å². The molecule has 2 aromatic rings. The van der Waals surface area contributed by atoms with Gasteiger partial charge in [0.25, 0.3) is 5.91 Å². The van der Waals surface area contributed by atoms with Crippen molar-refractivity contribution in [1.82, 2.24) is 10.2 Å². The molecule has 0 spiro atoms. The molecule has 148 valence electrons. The van der Waals surface area contributed by atoms with Crippen LogP contribution in [0.5, 0.6) is 23.0 Å². The van der Waals surface area contributed by atoms with Crippen molar-refractivity contribution in [1.29, 1.82) is 0 Å². The summed E-state index contributed by atoms with van der Waals surface area (Å²) in [6.07, 6.45) is 0. The standard InChI is InChI=1S/C20H22N2O6/c1-22(11-14-4-6-15(25-2)9-17(14)26-3)19(23)10-21-20(24)13-5-7-16-18(8-13)28-12-27-16/h4-9H,10-12H2,1-3H3,(H,21,24). The van der Waals surface area contributed by atoms with Crippen molar-refractivity contribution >= 4 is 11.8 Å². The average molecular weight is 386 g/mol. The second kappa shape index (κ2) is 8.51. The molecule has 8 heteroatoms. The Labute approximate surface area is 162 Å². The molecule has 0 radical (unpaired) electrons. The molecule has 2 amide bonds. The zero-order valence-electron chi connectivity index (χ0n) is 16.0. The third-order valence-corrected chi connectivity index (χ3v) is 4.36. The molecule has 28 heavy (non-hydrogen) atoms. The number of likely N-dealkylation sites (N-methyl/N-ethyl adjacent to an activating group) is 1. The Balaban J connectivity index is 1.56. The van der Waals surface area contributed by atoms with E-state index in [1.54, 1.807) is 51.6 Å². The summed E-state index contributed by atoms with van der Waals surface area (Å²) in [7, 11) is 4.80. The number of ether oxygens (including phenoxy) is 4. The number of hydrogen-bond acceptors (Lipinski definition) is 6. The van der Waals surface area contributed by atoms with Crippen molar-refractivity contribution in [3.63, 3.8) is 0 Å². The first kappa shape index (κ1) is 19.3. The molecule has 2 aromatic carbocycles. The summed E-state index contributed by atoms with van der Waals surface area (Å²) in [4.78, 5) is 26.2. The van der Waals surface area contributed by atoms with E-state index in [4.69, 9.17) is 18.9 Å². The number of methoxy groups -OCH3 is 2. The molecule has 3 rings (SSSR count). The maximum absolute atomic E-state index is 12.4. The van der Waals surface area contributed by atoms with Gasteiger partial charge in [-0.1, -0.05) is 0 Å². The molecule has 0 saturated heterocycles. The minimum atomic E-state index is -0.359. The molecule has 1 aliphatic rings. The number of nitrogens with one attached hydrogen (secondary N) is 1. The van der Waals surface area contributed by atoms with Gasteiger partial charge >= 0.3 is 0 Å². The SMILES string of the molecule is COc1ccc(CN(C)C(=O)CNC(=O)c2ccc3c(c2)OCO3)c(OC)c1. The number of nitrogens with zero attached hydrogens (tertiary/aromatic N) is 1. The van der Waals surface area contributed by atoms with E-state index in [0.717, 1.165) is 5.56 Å². The van der Waals surface area contributed by atoms with Gasteiger partial charge < -0.3 is 29.2 Å². The van der Waals surface area contributed by atoms with E-state index in [1.165, 1.54) is 4.90 Å². The van der Waals surface area contributed by atoms with Crippen LogP contribution in [0, 0.1) is 0 Å². The molecule has 0 aliphatic carbocycles. The van der Waals surface area contributed by atoms with Gasteiger partial charge in [0.15, 0.2) is 11.5 Å². The molecular weight excluding hydrogens is 364 g/mol. The van der Waals surface area contributed by atoms with Gasteiger partial charge in [-0.15, -0.1) is 0 Å². The Morgan fingerprint density at radius 2 is 1.86 bits per heavy atom. The zero-order chi connectivity index (χ0) is 20.1. The van der Waals surface area contributed by atoms with Crippen LogP contribution in [0.1, 0.15) is 15.9 Å². The quantitative estimate of drug-likeness (QED) is 0.781. The molecule has 0 atom stereocenters. The van der Waals surface area contributed by atoms with E-state index in [2.05, 4.69) is 5.32 Å². The van der Waals surface area contributed by atoms with Crippen molar-refractivity contribution in [3.05, 3.63) is 47.5 Å². The van der Waals surface area contributed by atoms with Crippen LogP contribution in [-0.4, -0.2) is 51.3 Å². The van der Waals surface area contributed by atoms with Crippen LogP contribution in [-0.2, 0) is 11.3 Å². The van der Waals surface area contributed by atoms with Crippen LogP contribution in [0.2, 0.25) is 0 Å². The first-order valence-electron chi connectivity index (χ1n) is 8.64. The lowest BCUT2D eigenvalue weighted by molar-refractivity contribution is -0.129. The number of amides is 2. The summed E-state index contributed by atoms with van der Waals surface area (Å²) in [6, 6.07) is 10.3. The lowest BCUT2D eigenvalue weighted by Crippen LogP contribution is -2.37. The lowest BCUT2D eigenvalue weighted by Gasteiger charge is -2.19. The molecule has 0 bridgehead atoms. The highest BCUT2D eigenvalue weighted by Crippen LogP contribution is 2.32. The maximum Gasteiger partial charge on any atom is 0.251 e. The predicted molar refractivity (Wildman–Crippen MR) is 101 cm³/mol. The fourth-order valence-electron chi connectivity index (χ4n) is 2.76. The second-order valence-corrected chi connectivity index (χ2v) is 6.18. The van der Waals surface area contributed by atoms with E-state index in [9.17, 15) is 9.59 Å². The summed E-state index contributed by atoms with van der Waals surface area (Å²) in [5.74, 6) is 1.83. The van der Waals surface area contributed by atoms with E-state index in [1.807, 2.05) is 6.07 Å². The summed E-state index contributed by atoms with van der Waals surface area (Å²) >= 11 is 0. The van der Waals surface area contributed by atoms with Crippen LogP contribution in [0.4, 0.5) is 0 Å². The average Bonchev–Trinajstić information content (AvgIpc) is 3.19. The summed E-state index contributed by atoms with van der Waals surface area (Å²) in [5.41, 5.74) is 1.23. The molecule has 0 fully saturated rings. The van der Waals surface area contributed by atoms with E-state index in [0.29, 0.717) is 35.1 Å². The van der Waals surface area contributed by atoms with Crippen molar-refractivity contribution in [2.45, 2.75) is 6.54 Å². The normalized spacial score (nSPS) is 11.7. The minimum Gasteiger partial charge on any atom is -0.497 e. The van der Waals surface area contributed by atoms with Crippen molar-refractivity contribution in [2.75, 3.05) is 34.6 Å². The molecule has 0 unspecified atom stereocenters. The molecule has 1 N–H and O–H groups in total. The number of hydrogen-bond donors (Lipinski definition) is 1. The minimum absolute atomic E-state index is 0.123.